The van der Waals surface area contributed by atoms with Crippen molar-refractivity contribution in [2.45, 2.75) is 64.4 Å². The van der Waals surface area contributed by atoms with E-state index in [-0.39, 0.29) is 32.2 Å². The van der Waals surface area contributed by atoms with E-state index >= 15 is 0 Å². The van der Waals surface area contributed by atoms with Crippen LogP contribution in [0.3, 0.4) is 0 Å². The van der Waals surface area contributed by atoms with Gasteiger partial charge in [-0.15, -0.1) is 10.1 Å². The molecule has 0 bridgehead atoms. The molecule has 2 atom stereocenters. The molecule has 0 fully saturated rings. The minimum Gasteiger partial charge on any atom is -0.497 e. The molecule has 0 aromatic heterocycles. The summed E-state index contributed by atoms with van der Waals surface area (Å²) in [5, 5.41) is 11.1. The van der Waals surface area contributed by atoms with Gasteiger partial charge in [0.15, 0.2) is 6.10 Å². The minimum atomic E-state index is -1.04. The number of hydrogen-bond acceptors (Lipinski definition) is 10. The number of unbranched alkanes of at least 4 members (excludes halogenated alkanes) is 3. The number of hydrogen-bond donors (Lipinski definition) is 0. The number of rotatable bonds is 17. The second kappa shape index (κ2) is 16.1. The van der Waals surface area contributed by atoms with Crippen LogP contribution in [0.2, 0.25) is 0 Å². The first-order valence-corrected chi connectivity index (χ1v) is 12.6. The molecule has 2 rings (SSSR count). The fourth-order valence-electron chi connectivity index (χ4n) is 3.54. The van der Waals surface area contributed by atoms with Crippen LogP contribution in [0, 0.1) is 10.1 Å². The number of esters is 3. The van der Waals surface area contributed by atoms with Crippen molar-refractivity contribution < 1.29 is 43.3 Å². The van der Waals surface area contributed by atoms with E-state index in [1.165, 1.54) is 6.92 Å². The van der Waals surface area contributed by atoms with Gasteiger partial charge in [0.05, 0.1) is 32.8 Å². The van der Waals surface area contributed by atoms with Crippen molar-refractivity contribution in [3.05, 3.63) is 52.1 Å². The highest BCUT2D eigenvalue weighted by Gasteiger charge is 2.24. The van der Waals surface area contributed by atoms with Gasteiger partial charge in [-0.3, -0.25) is 9.59 Å². The predicted molar refractivity (Wildman–Crippen MR) is 137 cm³/mol. The summed E-state index contributed by atoms with van der Waals surface area (Å²) >= 11 is 0. The Morgan fingerprint density at radius 2 is 1.50 bits per heavy atom. The van der Waals surface area contributed by atoms with Crippen molar-refractivity contribution in [3.8, 4) is 5.75 Å². The first-order chi connectivity index (χ1) is 18.2. The summed E-state index contributed by atoms with van der Waals surface area (Å²) in [6.07, 6.45) is 1.87. The molecule has 2 aromatic rings. The third kappa shape index (κ3) is 10.6. The summed E-state index contributed by atoms with van der Waals surface area (Å²) < 4.78 is 20.8. The summed E-state index contributed by atoms with van der Waals surface area (Å²) in [5.74, 6) is -1.31. The summed E-state index contributed by atoms with van der Waals surface area (Å²) in [4.78, 5) is 50.7. The highest BCUT2D eigenvalue weighted by molar-refractivity contribution is 5.87. The van der Waals surface area contributed by atoms with Crippen molar-refractivity contribution in [2.24, 2.45) is 0 Å². The number of benzene rings is 2. The smallest absolute Gasteiger partial charge is 0.347 e. The third-order valence-electron chi connectivity index (χ3n) is 5.82. The van der Waals surface area contributed by atoms with Gasteiger partial charge in [-0.2, -0.15) is 0 Å². The van der Waals surface area contributed by atoms with Crippen LogP contribution in [0.1, 0.15) is 63.9 Å². The summed E-state index contributed by atoms with van der Waals surface area (Å²) in [6, 6.07) is 11.3. The van der Waals surface area contributed by atoms with Crippen molar-refractivity contribution in [1.29, 1.82) is 0 Å². The van der Waals surface area contributed by atoms with E-state index in [1.54, 1.807) is 14.0 Å². The van der Waals surface area contributed by atoms with E-state index in [0.29, 0.717) is 32.1 Å². The Kier molecular flexibility index (Phi) is 12.8. The molecular formula is C27H35NO10. The van der Waals surface area contributed by atoms with Gasteiger partial charge in [0, 0.05) is 6.42 Å². The fraction of sp³-hybridized carbons (Fsp3) is 0.519. The number of carbonyl (C=O) groups is 3. The van der Waals surface area contributed by atoms with E-state index in [2.05, 4.69) is 4.84 Å². The predicted octanol–water partition coefficient (Wildman–Crippen LogP) is 4.52. The van der Waals surface area contributed by atoms with Gasteiger partial charge < -0.3 is 23.8 Å². The maximum Gasteiger partial charge on any atom is 0.347 e. The van der Waals surface area contributed by atoms with Crippen molar-refractivity contribution >= 4 is 28.7 Å². The van der Waals surface area contributed by atoms with Crippen LogP contribution in [0.15, 0.2) is 36.4 Å². The van der Waals surface area contributed by atoms with E-state index < -0.39 is 29.0 Å². The zero-order valence-electron chi connectivity index (χ0n) is 22.0. The molecule has 0 saturated heterocycles. The zero-order chi connectivity index (χ0) is 27.9. The first-order valence-electron chi connectivity index (χ1n) is 12.6. The molecule has 0 N–H and O–H groups in total. The Bertz CT molecular complexity index is 1090. The molecule has 0 aliphatic carbocycles. The van der Waals surface area contributed by atoms with Gasteiger partial charge in [-0.1, -0.05) is 24.3 Å². The lowest BCUT2D eigenvalue weighted by atomic mass is 9.98. The molecule has 0 amide bonds. The lowest BCUT2D eigenvalue weighted by Gasteiger charge is -2.17. The Morgan fingerprint density at radius 1 is 0.842 bits per heavy atom. The van der Waals surface area contributed by atoms with Crippen molar-refractivity contribution in [3.63, 3.8) is 0 Å². The first kappa shape index (κ1) is 30.3. The maximum atomic E-state index is 12.6. The normalized spacial score (nSPS) is 12.3. The van der Waals surface area contributed by atoms with Gasteiger partial charge >= 0.3 is 17.9 Å². The van der Waals surface area contributed by atoms with Crippen LogP contribution < -0.4 is 4.74 Å². The van der Waals surface area contributed by atoms with Crippen molar-refractivity contribution in [2.75, 3.05) is 26.9 Å². The maximum absolute atomic E-state index is 12.6. The largest absolute Gasteiger partial charge is 0.497 e. The van der Waals surface area contributed by atoms with Gasteiger partial charge in [-0.25, -0.2) is 4.79 Å². The van der Waals surface area contributed by atoms with E-state index in [4.69, 9.17) is 18.9 Å². The Hall–Kier alpha value is -3.89. The summed E-state index contributed by atoms with van der Waals surface area (Å²) in [7, 11) is 1.60. The van der Waals surface area contributed by atoms with Crippen LogP contribution in [0.25, 0.3) is 10.8 Å². The molecule has 0 heterocycles. The van der Waals surface area contributed by atoms with E-state index in [1.807, 2.05) is 36.4 Å². The van der Waals surface area contributed by atoms with E-state index in [9.17, 15) is 24.5 Å². The van der Waals surface area contributed by atoms with Gasteiger partial charge in [0.2, 0.25) is 0 Å². The summed E-state index contributed by atoms with van der Waals surface area (Å²) in [5.41, 5.74) is 0.774. The molecule has 0 aliphatic rings. The number of fused-ring (bicyclic) bond motifs is 1. The molecule has 0 saturated carbocycles. The van der Waals surface area contributed by atoms with Gasteiger partial charge in [0.25, 0.3) is 5.09 Å². The summed E-state index contributed by atoms with van der Waals surface area (Å²) in [6.45, 7) is 3.50. The highest BCUT2D eigenvalue weighted by atomic mass is 16.9. The van der Waals surface area contributed by atoms with Crippen LogP contribution in [0.5, 0.6) is 5.75 Å². The number of methoxy groups -OCH3 is 1. The third-order valence-corrected chi connectivity index (χ3v) is 5.82. The molecule has 208 valence electrons. The Morgan fingerprint density at radius 3 is 2.24 bits per heavy atom. The molecule has 38 heavy (non-hydrogen) atoms. The molecule has 2 unspecified atom stereocenters. The SMILES string of the molecule is COc1ccc2cc(C(C)C(=O)OC(C)C(=O)OCCCCCC(=O)OCCCCO[N+](=O)[O-])ccc2c1. The molecule has 2 aromatic carbocycles. The lowest BCUT2D eigenvalue weighted by Crippen LogP contribution is -2.28. The average molecular weight is 534 g/mol. The monoisotopic (exact) mass is 533 g/mol. The number of ether oxygens (including phenoxy) is 4. The number of nitrogens with zero attached hydrogens (tertiary/aromatic N) is 1. The van der Waals surface area contributed by atoms with Crippen LogP contribution in [-0.2, 0) is 33.4 Å². The van der Waals surface area contributed by atoms with Crippen LogP contribution in [0.4, 0.5) is 0 Å². The second-order valence-corrected chi connectivity index (χ2v) is 8.74. The highest BCUT2D eigenvalue weighted by Crippen LogP contribution is 2.26. The molecular weight excluding hydrogens is 498 g/mol. The molecule has 0 aliphatic heterocycles. The van der Waals surface area contributed by atoms with Gasteiger partial charge in [-0.05, 0) is 74.4 Å². The fourth-order valence-corrected chi connectivity index (χ4v) is 3.54. The second-order valence-electron chi connectivity index (χ2n) is 8.74. The van der Waals surface area contributed by atoms with Crippen LogP contribution >= 0.6 is 0 Å². The quantitative estimate of drug-likeness (QED) is 0.0937. The molecule has 0 radical (unpaired) electrons. The van der Waals surface area contributed by atoms with Crippen LogP contribution in [-0.4, -0.2) is 56.0 Å². The molecule has 0 spiro atoms. The molecule has 11 heteroatoms. The Balaban J connectivity index is 1.61. The van der Waals surface area contributed by atoms with Crippen molar-refractivity contribution in [1.82, 2.24) is 0 Å². The minimum absolute atomic E-state index is 0.0269. The lowest BCUT2D eigenvalue weighted by molar-refractivity contribution is -0.757. The molecule has 11 nitrogen and oxygen atoms in total. The average Bonchev–Trinajstić information content (AvgIpc) is 2.90. The zero-order valence-corrected chi connectivity index (χ0v) is 22.0. The standard InChI is InChI=1S/C27H35NO10/c1-19(21-10-11-23-18-24(34-3)13-12-22(23)17-21)26(30)38-20(2)27(31)36-15-6-4-5-9-25(29)35-14-7-8-16-37-28(32)33/h10-13,17-20H,4-9,14-16H2,1-3H3. The van der Waals surface area contributed by atoms with E-state index in [0.717, 1.165) is 22.1 Å². The van der Waals surface area contributed by atoms with Gasteiger partial charge in [0.1, 0.15) is 5.75 Å². The Labute approximate surface area is 221 Å². The number of carbonyl (C=O) groups excluding carboxylic acids is 3. The topological polar surface area (TPSA) is 141 Å².